The van der Waals surface area contributed by atoms with Gasteiger partial charge in [0.2, 0.25) is 5.91 Å². The first-order chi connectivity index (χ1) is 12.6. The molecule has 0 spiro atoms. The highest BCUT2D eigenvalue weighted by atomic mass is 16.2. The van der Waals surface area contributed by atoms with E-state index in [9.17, 15) is 4.79 Å². The molecule has 1 aromatic heterocycles. The number of aromatic nitrogens is 2. The van der Waals surface area contributed by atoms with E-state index in [2.05, 4.69) is 48.6 Å². The fourth-order valence-corrected chi connectivity index (χ4v) is 3.81. The van der Waals surface area contributed by atoms with Crippen LogP contribution in [0.3, 0.4) is 0 Å². The maximum absolute atomic E-state index is 13.0. The second-order valence-electron chi connectivity index (χ2n) is 7.14. The number of nitrogens with zero attached hydrogens (tertiary/aromatic N) is 3. The Morgan fingerprint density at radius 2 is 2.04 bits per heavy atom. The lowest BCUT2D eigenvalue weighted by molar-refractivity contribution is -0.131. The van der Waals surface area contributed by atoms with Gasteiger partial charge in [-0.25, -0.2) is 0 Å². The van der Waals surface area contributed by atoms with Crippen LogP contribution in [0.4, 0.5) is 0 Å². The normalized spacial score (nSPS) is 16.4. The van der Waals surface area contributed by atoms with Crippen molar-refractivity contribution in [3.05, 3.63) is 88.7 Å². The van der Waals surface area contributed by atoms with Gasteiger partial charge in [-0.05, 0) is 29.2 Å². The van der Waals surface area contributed by atoms with E-state index in [0.717, 1.165) is 11.1 Å². The average Bonchev–Trinajstić information content (AvgIpc) is 3.07. The summed E-state index contributed by atoms with van der Waals surface area (Å²) in [4.78, 5) is 15.0. The van der Waals surface area contributed by atoms with Crippen molar-refractivity contribution in [1.29, 1.82) is 0 Å². The van der Waals surface area contributed by atoms with Crippen LogP contribution in [0.1, 0.15) is 33.7 Å². The van der Waals surface area contributed by atoms with Crippen LogP contribution in [0.15, 0.2) is 60.9 Å². The molecular formula is C22H23N3O. The minimum Gasteiger partial charge on any atom is -0.337 e. The molecule has 0 aliphatic carbocycles. The van der Waals surface area contributed by atoms with Crippen LogP contribution in [-0.4, -0.2) is 27.1 Å². The lowest BCUT2D eigenvalue weighted by Gasteiger charge is -2.34. The highest BCUT2D eigenvalue weighted by molar-refractivity contribution is 5.79. The molecule has 0 N–H and O–H groups in total. The summed E-state index contributed by atoms with van der Waals surface area (Å²) in [7, 11) is 1.93. The van der Waals surface area contributed by atoms with E-state index in [4.69, 9.17) is 0 Å². The highest BCUT2D eigenvalue weighted by Gasteiger charge is 2.29. The van der Waals surface area contributed by atoms with Gasteiger partial charge in [-0.1, -0.05) is 54.1 Å². The summed E-state index contributed by atoms with van der Waals surface area (Å²) in [5.74, 6) is 0.356. The monoisotopic (exact) mass is 345 g/mol. The zero-order valence-corrected chi connectivity index (χ0v) is 15.2. The summed E-state index contributed by atoms with van der Waals surface area (Å²) in [6, 6.07) is 16.6. The zero-order chi connectivity index (χ0) is 18.1. The van der Waals surface area contributed by atoms with Crippen LogP contribution < -0.4 is 0 Å². The minimum absolute atomic E-state index is 0.176. The van der Waals surface area contributed by atoms with Crippen molar-refractivity contribution in [3.63, 3.8) is 0 Å². The van der Waals surface area contributed by atoms with E-state index < -0.39 is 0 Å². The molecule has 4 nitrogen and oxygen atoms in total. The molecule has 26 heavy (non-hydrogen) atoms. The maximum Gasteiger partial charge on any atom is 0.227 e. The van der Waals surface area contributed by atoms with Crippen molar-refractivity contribution in [2.24, 2.45) is 7.05 Å². The molecular weight excluding hydrogens is 322 g/mol. The molecule has 1 atom stereocenters. The summed E-state index contributed by atoms with van der Waals surface area (Å²) in [6.45, 7) is 3.44. The second-order valence-corrected chi connectivity index (χ2v) is 7.14. The Morgan fingerprint density at radius 1 is 1.19 bits per heavy atom. The maximum atomic E-state index is 13.0. The van der Waals surface area contributed by atoms with E-state index in [1.807, 2.05) is 41.0 Å². The quantitative estimate of drug-likeness (QED) is 0.729. The molecule has 1 aliphatic heterocycles. The van der Waals surface area contributed by atoms with Gasteiger partial charge in [0.25, 0.3) is 0 Å². The molecule has 2 heterocycles. The summed E-state index contributed by atoms with van der Waals surface area (Å²) in [5.41, 5.74) is 5.96. The van der Waals surface area contributed by atoms with Gasteiger partial charge in [0.05, 0.1) is 12.6 Å². The number of hydrogen-bond donors (Lipinski definition) is 0. The number of benzene rings is 2. The van der Waals surface area contributed by atoms with Gasteiger partial charge in [0.1, 0.15) is 0 Å². The number of amides is 1. The van der Waals surface area contributed by atoms with Crippen molar-refractivity contribution in [3.8, 4) is 0 Å². The second kappa shape index (κ2) is 6.79. The Labute approximate surface area is 154 Å². The Bertz CT molecular complexity index is 944. The molecule has 0 radical (unpaired) electrons. The molecule has 0 saturated carbocycles. The van der Waals surface area contributed by atoms with Crippen LogP contribution in [0.2, 0.25) is 0 Å². The first-order valence-electron chi connectivity index (χ1n) is 9.00. The molecule has 0 bridgehead atoms. The molecule has 132 valence electrons. The molecule has 0 saturated heterocycles. The van der Waals surface area contributed by atoms with E-state index >= 15 is 0 Å². The zero-order valence-electron chi connectivity index (χ0n) is 15.2. The lowest BCUT2D eigenvalue weighted by atomic mass is 9.86. The van der Waals surface area contributed by atoms with E-state index in [1.54, 1.807) is 0 Å². The van der Waals surface area contributed by atoms with Gasteiger partial charge in [-0.15, -0.1) is 0 Å². The van der Waals surface area contributed by atoms with Crippen molar-refractivity contribution >= 4 is 5.91 Å². The van der Waals surface area contributed by atoms with Crippen LogP contribution in [0.5, 0.6) is 0 Å². The van der Waals surface area contributed by atoms with E-state index in [1.165, 1.54) is 16.7 Å². The summed E-state index contributed by atoms with van der Waals surface area (Å²) in [6.07, 6.45) is 4.41. The van der Waals surface area contributed by atoms with Crippen molar-refractivity contribution in [2.45, 2.75) is 25.8 Å². The van der Waals surface area contributed by atoms with Gasteiger partial charge < -0.3 is 4.90 Å². The largest absolute Gasteiger partial charge is 0.337 e. The fraction of sp³-hybridized carbons (Fsp3) is 0.273. The van der Waals surface area contributed by atoms with Gasteiger partial charge in [0.15, 0.2) is 0 Å². The SMILES string of the molecule is Cc1cccc(CC(=O)N2Cc3ccccc3C(c3cnn(C)c3)C2)c1. The van der Waals surface area contributed by atoms with Crippen molar-refractivity contribution in [1.82, 2.24) is 14.7 Å². The van der Waals surface area contributed by atoms with Crippen molar-refractivity contribution in [2.75, 3.05) is 6.54 Å². The third-order valence-electron chi connectivity index (χ3n) is 5.11. The third kappa shape index (κ3) is 3.27. The Morgan fingerprint density at radius 3 is 2.81 bits per heavy atom. The molecule has 1 amide bonds. The van der Waals surface area contributed by atoms with Gasteiger partial charge >= 0.3 is 0 Å². The first-order valence-corrected chi connectivity index (χ1v) is 9.00. The van der Waals surface area contributed by atoms with Gasteiger partial charge in [-0.3, -0.25) is 9.48 Å². The fourth-order valence-electron chi connectivity index (χ4n) is 3.81. The van der Waals surface area contributed by atoms with Crippen molar-refractivity contribution < 1.29 is 4.79 Å². The molecule has 0 fully saturated rings. The number of fused-ring (bicyclic) bond motifs is 1. The van der Waals surface area contributed by atoms with Crippen LogP contribution in [0, 0.1) is 6.92 Å². The summed E-state index contributed by atoms with van der Waals surface area (Å²) < 4.78 is 1.82. The minimum atomic E-state index is 0.176. The Kier molecular flexibility index (Phi) is 4.33. The molecule has 4 rings (SSSR count). The molecule has 2 aromatic carbocycles. The Hall–Kier alpha value is -2.88. The molecule has 3 aromatic rings. The summed E-state index contributed by atoms with van der Waals surface area (Å²) in [5, 5.41) is 4.33. The van der Waals surface area contributed by atoms with Crippen LogP contribution >= 0.6 is 0 Å². The molecule has 4 heteroatoms. The van der Waals surface area contributed by atoms with Gasteiger partial charge in [-0.2, -0.15) is 5.10 Å². The standard InChI is InChI=1S/C22H23N3O/c1-16-6-5-7-17(10-16)11-22(26)25-14-18-8-3-4-9-20(18)21(15-25)19-12-23-24(2)13-19/h3-10,12-13,21H,11,14-15H2,1-2H3. The number of carbonyl (C=O) groups is 1. The summed E-state index contributed by atoms with van der Waals surface area (Å²) >= 11 is 0. The van der Waals surface area contributed by atoms with Gasteiger partial charge in [0, 0.05) is 32.3 Å². The highest BCUT2D eigenvalue weighted by Crippen LogP contribution is 2.33. The first kappa shape index (κ1) is 16.6. The molecule has 1 unspecified atom stereocenters. The number of carbonyl (C=O) groups excluding carboxylic acids is 1. The topological polar surface area (TPSA) is 38.1 Å². The smallest absolute Gasteiger partial charge is 0.227 e. The third-order valence-corrected chi connectivity index (χ3v) is 5.11. The van der Waals surface area contributed by atoms with Crippen LogP contribution in [0.25, 0.3) is 0 Å². The predicted octanol–water partition coefficient (Wildman–Crippen LogP) is 3.45. The van der Waals surface area contributed by atoms with E-state index in [0.29, 0.717) is 19.5 Å². The number of hydrogen-bond acceptors (Lipinski definition) is 2. The predicted molar refractivity (Wildman–Crippen MR) is 102 cm³/mol. The lowest BCUT2D eigenvalue weighted by Crippen LogP contribution is -2.39. The number of rotatable bonds is 3. The van der Waals surface area contributed by atoms with Crippen LogP contribution in [-0.2, 0) is 24.8 Å². The number of aryl methyl sites for hydroxylation is 2. The average molecular weight is 345 g/mol. The Balaban J connectivity index is 1.61. The van der Waals surface area contributed by atoms with E-state index in [-0.39, 0.29) is 11.8 Å². The molecule has 1 aliphatic rings.